The average Bonchev–Trinajstić information content (AvgIpc) is 2.24. The first-order valence-corrected chi connectivity index (χ1v) is 6.64. The summed E-state index contributed by atoms with van der Waals surface area (Å²) in [6, 6.07) is 0.132. The van der Waals surface area contributed by atoms with E-state index in [1.807, 2.05) is 0 Å². The van der Waals surface area contributed by atoms with Gasteiger partial charge in [0.1, 0.15) is 0 Å². The van der Waals surface area contributed by atoms with E-state index in [2.05, 4.69) is 52.5 Å². The lowest BCUT2D eigenvalue weighted by Gasteiger charge is -2.45. The molecule has 0 spiro atoms. The average molecular weight is 226 g/mol. The number of hydrogen-bond acceptors (Lipinski definition) is 2. The van der Waals surface area contributed by atoms with Crippen molar-refractivity contribution in [2.75, 3.05) is 13.1 Å². The van der Waals surface area contributed by atoms with Crippen LogP contribution in [0.3, 0.4) is 0 Å². The van der Waals surface area contributed by atoms with Crippen molar-refractivity contribution < 1.29 is 0 Å². The molecule has 0 aliphatic carbocycles. The molecule has 1 unspecified atom stereocenters. The van der Waals surface area contributed by atoms with Gasteiger partial charge in [-0.05, 0) is 39.8 Å². The Kier molecular flexibility index (Phi) is 6.93. The minimum atomic E-state index is 0.126. The van der Waals surface area contributed by atoms with Crippen LogP contribution >= 0.6 is 0 Å². The Hall–Kier alpha value is -0.340. The van der Waals surface area contributed by atoms with Crippen molar-refractivity contribution in [3.63, 3.8) is 0 Å². The quantitative estimate of drug-likeness (QED) is 0.676. The normalized spacial score (nSPS) is 14.0. The predicted molar refractivity (Wildman–Crippen MR) is 73.6 cm³/mol. The molecule has 0 aliphatic rings. The zero-order valence-corrected chi connectivity index (χ0v) is 12.0. The Labute approximate surface area is 102 Å². The summed E-state index contributed by atoms with van der Waals surface area (Å²) in [6.45, 7) is 15.3. The molecule has 1 atom stereocenters. The SMILES string of the molecule is CCN(CC)C(CC)(CC)C(N)C=C(C)C. The Balaban J connectivity index is 5.14. The summed E-state index contributed by atoms with van der Waals surface area (Å²) in [7, 11) is 0. The highest BCUT2D eigenvalue weighted by atomic mass is 15.2. The summed E-state index contributed by atoms with van der Waals surface area (Å²) in [5.41, 5.74) is 7.85. The molecule has 2 nitrogen and oxygen atoms in total. The maximum absolute atomic E-state index is 6.41. The lowest BCUT2D eigenvalue weighted by atomic mass is 9.82. The second-order valence-electron chi connectivity index (χ2n) is 4.75. The second kappa shape index (κ2) is 7.08. The number of hydrogen-bond donors (Lipinski definition) is 1. The van der Waals surface area contributed by atoms with Crippen LogP contribution in [-0.2, 0) is 0 Å². The van der Waals surface area contributed by atoms with Gasteiger partial charge < -0.3 is 5.73 Å². The Bertz CT molecular complexity index is 209. The van der Waals surface area contributed by atoms with E-state index >= 15 is 0 Å². The first-order valence-electron chi connectivity index (χ1n) is 6.64. The molecule has 0 radical (unpaired) electrons. The van der Waals surface area contributed by atoms with E-state index in [-0.39, 0.29) is 11.6 Å². The van der Waals surface area contributed by atoms with Crippen LogP contribution in [0.2, 0.25) is 0 Å². The molecule has 0 heterocycles. The molecule has 0 aromatic heterocycles. The first kappa shape index (κ1) is 15.7. The number of rotatable bonds is 7. The molecule has 0 rings (SSSR count). The van der Waals surface area contributed by atoms with Gasteiger partial charge >= 0.3 is 0 Å². The van der Waals surface area contributed by atoms with Crippen molar-refractivity contribution >= 4 is 0 Å². The second-order valence-corrected chi connectivity index (χ2v) is 4.75. The molecule has 96 valence electrons. The third-order valence-corrected chi connectivity index (χ3v) is 3.75. The van der Waals surface area contributed by atoms with Gasteiger partial charge in [-0.1, -0.05) is 39.3 Å². The van der Waals surface area contributed by atoms with Crippen LogP contribution in [0.1, 0.15) is 54.4 Å². The lowest BCUT2D eigenvalue weighted by Crippen LogP contribution is -2.58. The van der Waals surface area contributed by atoms with Crippen LogP contribution in [-0.4, -0.2) is 29.6 Å². The van der Waals surface area contributed by atoms with Crippen LogP contribution in [0.4, 0.5) is 0 Å². The molecule has 2 heteroatoms. The molecule has 0 saturated heterocycles. The van der Waals surface area contributed by atoms with E-state index < -0.39 is 0 Å². The van der Waals surface area contributed by atoms with E-state index in [1.165, 1.54) is 5.57 Å². The van der Waals surface area contributed by atoms with Crippen LogP contribution in [0, 0.1) is 0 Å². The smallest absolute Gasteiger partial charge is 0.0413 e. The van der Waals surface area contributed by atoms with Gasteiger partial charge in [0.2, 0.25) is 0 Å². The summed E-state index contributed by atoms with van der Waals surface area (Å²) < 4.78 is 0. The number of nitrogens with zero attached hydrogens (tertiary/aromatic N) is 1. The molecule has 0 fully saturated rings. The van der Waals surface area contributed by atoms with Crippen LogP contribution in [0.15, 0.2) is 11.6 Å². The molecule has 0 aromatic carbocycles. The Morgan fingerprint density at radius 3 is 1.81 bits per heavy atom. The van der Waals surface area contributed by atoms with Crippen molar-refractivity contribution in [2.24, 2.45) is 5.73 Å². The van der Waals surface area contributed by atoms with Gasteiger partial charge in [0, 0.05) is 11.6 Å². The highest BCUT2D eigenvalue weighted by molar-refractivity contribution is 5.11. The highest BCUT2D eigenvalue weighted by Crippen LogP contribution is 2.28. The third-order valence-electron chi connectivity index (χ3n) is 3.75. The third kappa shape index (κ3) is 3.33. The monoisotopic (exact) mass is 226 g/mol. The fraction of sp³-hybridized carbons (Fsp3) is 0.857. The van der Waals surface area contributed by atoms with E-state index in [1.54, 1.807) is 0 Å². The summed E-state index contributed by atoms with van der Waals surface area (Å²) >= 11 is 0. The maximum atomic E-state index is 6.41. The topological polar surface area (TPSA) is 29.3 Å². The number of likely N-dealkylation sites (N-methyl/N-ethyl adjacent to an activating group) is 1. The van der Waals surface area contributed by atoms with Crippen molar-refractivity contribution in [3.05, 3.63) is 11.6 Å². The van der Waals surface area contributed by atoms with Gasteiger partial charge in [0.05, 0.1) is 0 Å². The minimum absolute atomic E-state index is 0.126. The van der Waals surface area contributed by atoms with Crippen LogP contribution in [0.5, 0.6) is 0 Å². The van der Waals surface area contributed by atoms with E-state index in [0.717, 1.165) is 25.9 Å². The fourth-order valence-corrected chi connectivity index (χ4v) is 2.75. The number of nitrogens with two attached hydrogens (primary N) is 1. The Morgan fingerprint density at radius 1 is 1.12 bits per heavy atom. The molecule has 0 amide bonds. The molecule has 16 heavy (non-hydrogen) atoms. The summed E-state index contributed by atoms with van der Waals surface area (Å²) in [4.78, 5) is 2.51. The highest BCUT2D eigenvalue weighted by Gasteiger charge is 2.36. The zero-order valence-electron chi connectivity index (χ0n) is 12.0. The van der Waals surface area contributed by atoms with Gasteiger partial charge in [-0.2, -0.15) is 0 Å². The van der Waals surface area contributed by atoms with Crippen LogP contribution in [0.25, 0.3) is 0 Å². The van der Waals surface area contributed by atoms with E-state index in [4.69, 9.17) is 5.73 Å². The van der Waals surface area contributed by atoms with Gasteiger partial charge in [-0.25, -0.2) is 0 Å². The van der Waals surface area contributed by atoms with Crippen molar-refractivity contribution in [2.45, 2.75) is 66.0 Å². The minimum Gasteiger partial charge on any atom is -0.323 e. The van der Waals surface area contributed by atoms with Gasteiger partial charge in [-0.3, -0.25) is 4.90 Å². The maximum Gasteiger partial charge on any atom is 0.0413 e. The van der Waals surface area contributed by atoms with Gasteiger partial charge in [0.25, 0.3) is 0 Å². The predicted octanol–water partition coefficient (Wildman–Crippen LogP) is 3.18. The van der Waals surface area contributed by atoms with Crippen molar-refractivity contribution in [3.8, 4) is 0 Å². The Morgan fingerprint density at radius 2 is 1.56 bits per heavy atom. The molecular formula is C14H30N2. The summed E-state index contributed by atoms with van der Waals surface area (Å²) in [5.74, 6) is 0. The zero-order chi connectivity index (χ0) is 12.8. The number of allylic oxidation sites excluding steroid dienone is 1. The molecule has 2 N–H and O–H groups in total. The summed E-state index contributed by atoms with van der Waals surface area (Å²) in [6.07, 6.45) is 4.43. The van der Waals surface area contributed by atoms with Crippen LogP contribution < -0.4 is 5.73 Å². The fourth-order valence-electron chi connectivity index (χ4n) is 2.75. The largest absolute Gasteiger partial charge is 0.323 e. The van der Waals surface area contributed by atoms with Gasteiger partial charge in [0.15, 0.2) is 0 Å². The molecule has 0 aliphatic heterocycles. The van der Waals surface area contributed by atoms with E-state index in [9.17, 15) is 0 Å². The first-order chi connectivity index (χ1) is 7.48. The lowest BCUT2D eigenvalue weighted by molar-refractivity contribution is 0.0765. The molecule has 0 saturated carbocycles. The molecular weight excluding hydrogens is 196 g/mol. The molecule has 0 aromatic rings. The van der Waals surface area contributed by atoms with Crippen molar-refractivity contribution in [1.29, 1.82) is 0 Å². The summed E-state index contributed by atoms with van der Waals surface area (Å²) in [5, 5.41) is 0. The van der Waals surface area contributed by atoms with Gasteiger partial charge in [-0.15, -0.1) is 0 Å². The standard InChI is InChI=1S/C14H30N2/c1-7-14(8-2,16(9-3)10-4)13(15)11-12(5)6/h11,13H,7-10,15H2,1-6H3. The molecule has 0 bridgehead atoms. The van der Waals surface area contributed by atoms with E-state index in [0.29, 0.717) is 0 Å². The van der Waals surface area contributed by atoms with Crippen molar-refractivity contribution in [1.82, 2.24) is 4.90 Å².